The van der Waals surface area contributed by atoms with Gasteiger partial charge in [-0.3, -0.25) is 9.79 Å². The molecule has 2 aromatic carbocycles. The van der Waals surface area contributed by atoms with Gasteiger partial charge in [0.25, 0.3) is 6.43 Å². The highest BCUT2D eigenvalue weighted by atomic mass is 79.9. The second kappa shape index (κ2) is 8.24. The molecule has 0 radical (unpaired) electrons. The van der Waals surface area contributed by atoms with Crippen LogP contribution in [0.15, 0.2) is 58.0 Å². The van der Waals surface area contributed by atoms with Gasteiger partial charge in [-0.15, -0.1) is 11.8 Å². The van der Waals surface area contributed by atoms with E-state index in [4.69, 9.17) is 4.74 Å². The standard InChI is InChI=1S/C21H17BrF3NO2S/c22-13-6-7-16(23)14(8-13)21-11-28-19(20(24)25)15(21)10-29-18(26-21)9-17(27)12-4-2-1-3-5-12/h1-8,15,19-20H,9-11H2/t15-,19+,21-/m1/s1. The Morgan fingerprint density at radius 1 is 1.28 bits per heavy atom. The smallest absolute Gasteiger partial charge is 0.264 e. The number of fused-ring (bicyclic) bond motifs is 1. The van der Waals surface area contributed by atoms with Crippen molar-refractivity contribution in [2.24, 2.45) is 10.9 Å². The molecule has 3 atom stereocenters. The molecule has 2 aromatic rings. The Balaban J connectivity index is 1.74. The monoisotopic (exact) mass is 483 g/mol. The fourth-order valence-corrected chi connectivity index (χ4v) is 5.54. The summed E-state index contributed by atoms with van der Waals surface area (Å²) >= 11 is 4.59. The molecule has 0 N–H and O–H groups in total. The van der Waals surface area contributed by atoms with E-state index < -0.39 is 29.8 Å². The van der Waals surface area contributed by atoms with Crippen LogP contribution < -0.4 is 0 Å². The third-order valence-corrected chi connectivity index (χ3v) is 6.90. The topological polar surface area (TPSA) is 38.7 Å². The lowest BCUT2D eigenvalue weighted by molar-refractivity contribution is -0.0359. The lowest BCUT2D eigenvalue weighted by Gasteiger charge is -2.36. The number of nitrogens with zero attached hydrogens (tertiary/aromatic N) is 1. The molecule has 0 bridgehead atoms. The molecular formula is C21H17BrF3NO2S. The minimum Gasteiger partial charge on any atom is -0.369 e. The zero-order valence-electron chi connectivity index (χ0n) is 15.2. The molecule has 2 aliphatic rings. The minimum absolute atomic E-state index is 0.0398. The van der Waals surface area contributed by atoms with E-state index in [9.17, 15) is 18.0 Å². The predicted octanol–water partition coefficient (Wildman–Crippen LogP) is 5.48. The largest absolute Gasteiger partial charge is 0.369 e. The first-order valence-electron chi connectivity index (χ1n) is 9.06. The number of benzene rings is 2. The maximum absolute atomic E-state index is 14.8. The highest BCUT2D eigenvalue weighted by Crippen LogP contribution is 2.50. The van der Waals surface area contributed by atoms with Gasteiger partial charge in [0.2, 0.25) is 0 Å². The fourth-order valence-electron chi connectivity index (χ4n) is 3.88. The Morgan fingerprint density at radius 3 is 2.76 bits per heavy atom. The summed E-state index contributed by atoms with van der Waals surface area (Å²) in [5.41, 5.74) is -0.509. The summed E-state index contributed by atoms with van der Waals surface area (Å²) in [6.07, 6.45) is -3.98. The molecule has 1 fully saturated rings. The van der Waals surface area contributed by atoms with Gasteiger partial charge in [0.05, 0.1) is 18.1 Å². The number of aliphatic imine (C=N–C) groups is 1. The van der Waals surface area contributed by atoms with Gasteiger partial charge in [-0.2, -0.15) is 0 Å². The molecule has 1 saturated heterocycles. The van der Waals surface area contributed by atoms with Gasteiger partial charge in [0.15, 0.2) is 5.78 Å². The van der Waals surface area contributed by atoms with Crippen LogP contribution in [0.1, 0.15) is 22.3 Å². The number of ketones is 1. The van der Waals surface area contributed by atoms with Gasteiger partial charge in [-0.1, -0.05) is 46.3 Å². The zero-order chi connectivity index (χ0) is 20.6. The highest BCUT2D eigenvalue weighted by molar-refractivity contribution is 9.10. The van der Waals surface area contributed by atoms with Gasteiger partial charge in [0, 0.05) is 27.3 Å². The Hall–Kier alpha value is -1.64. The van der Waals surface area contributed by atoms with Crippen molar-refractivity contribution in [1.29, 1.82) is 0 Å². The average Bonchev–Trinajstić information content (AvgIpc) is 3.10. The van der Waals surface area contributed by atoms with Crippen molar-refractivity contribution in [3.8, 4) is 0 Å². The van der Waals surface area contributed by atoms with Gasteiger partial charge in [-0.25, -0.2) is 13.2 Å². The lowest BCUT2D eigenvalue weighted by Crippen LogP contribution is -2.43. The van der Waals surface area contributed by atoms with E-state index in [1.807, 2.05) is 6.07 Å². The number of thioether (sulfide) groups is 1. The first-order chi connectivity index (χ1) is 13.9. The molecule has 2 aliphatic heterocycles. The molecule has 0 unspecified atom stereocenters. The summed E-state index contributed by atoms with van der Waals surface area (Å²) in [7, 11) is 0. The summed E-state index contributed by atoms with van der Waals surface area (Å²) in [4.78, 5) is 17.3. The molecular weight excluding hydrogens is 467 g/mol. The molecule has 0 aromatic heterocycles. The third kappa shape index (κ3) is 3.90. The van der Waals surface area contributed by atoms with Gasteiger partial charge in [-0.05, 0) is 18.2 Å². The molecule has 0 spiro atoms. The quantitative estimate of drug-likeness (QED) is 0.528. The van der Waals surface area contributed by atoms with Crippen LogP contribution in [0.4, 0.5) is 13.2 Å². The van der Waals surface area contributed by atoms with E-state index in [0.717, 1.165) is 0 Å². The van der Waals surface area contributed by atoms with Crippen LogP contribution in [0.3, 0.4) is 0 Å². The molecule has 0 saturated carbocycles. The first kappa shape index (κ1) is 20.6. The second-order valence-corrected chi connectivity index (χ2v) is 9.06. The number of hydrogen-bond acceptors (Lipinski definition) is 4. The van der Waals surface area contributed by atoms with Crippen molar-refractivity contribution >= 4 is 38.5 Å². The van der Waals surface area contributed by atoms with Crippen molar-refractivity contribution in [1.82, 2.24) is 0 Å². The average molecular weight is 484 g/mol. The summed E-state index contributed by atoms with van der Waals surface area (Å²) < 4.78 is 47.9. The summed E-state index contributed by atoms with van der Waals surface area (Å²) in [5, 5.41) is 0.507. The van der Waals surface area contributed by atoms with E-state index in [1.54, 1.807) is 36.4 Å². The number of ether oxygens (including phenoxy) is 1. The summed E-state index contributed by atoms with van der Waals surface area (Å²) in [6.45, 7) is -0.149. The third-order valence-electron chi connectivity index (χ3n) is 5.31. The van der Waals surface area contributed by atoms with E-state index in [1.165, 1.54) is 17.8 Å². The number of alkyl halides is 2. The Morgan fingerprint density at radius 2 is 2.03 bits per heavy atom. The molecule has 8 heteroatoms. The van der Waals surface area contributed by atoms with Crippen LogP contribution in [0, 0.1) is 11.7 Å². The zero-order valence-corrected chi connectivity index (χ0v) is 17.6. The van der Waals surface area contributed by atoms with E-state index in [0.29, 0.717) is 15.1 Å². The van der Waals surface area contributed by atoms with Crippen LogP contribution in [-0.2, 0) is 10.3 Å². The molecule has 3 nitrogen and oxygen atoms in total. The normalized spacial score (nSPS) is 26.3. The maximum atomic E-state index is 14.8. The Labute approximate surface area is 178 Å². The highest BCUT2D eigenvalue weighted by Gasteiger charge is 2.56. The van der Waals surface area contributed by atoms with E-state index in [2.05, 4.69) is 20.9 Å². The van der Waals surface area contributed by atoms with Crippen molar-refractivity contribution < 1.29 is 22.7 Å². The molecule has 0 aliphatic carbocycles. The van der Waals surface area contributed by atoms with E-state index >= 15 is 0 Å². The van der Waals surface area contributed by atoms with E-state index in [-0.39, 0.29) is 30.1 Å². The number of rotatable bonds is 5. The number of carbonyl (C=O) groups excluding carboxylic acids is 1. The van der Waals surface area contributed by atoms with Crippen LogP contribution in [0.2, 0.25) is 0 Å². The minimum atomic E-state index is -2.69. The molecule has 0 amide bonds. The van der Waals surface area contributed by atoms with Crippen LogP contribution >= 0.6 is 27.7 Å². The molecule has 2 heterocycles. The number of carbonyl (C=O) groups is 1. The van der Waals surface area contributed by atoms with Crippen LogP contribution in [0.25, 0.3) is 0 Å². The molecule has 152 valence electrons. The predicted molar refractivity (Wildman–Crippen MR) is 110 cm³/mol. The van der Waals surface area contributed by atoms with Crippen molar-refractivity contribution in [3.63, 3.8) is 0 Å². The lowest BCUT2D eigenvalue weighted by atomic mass is 9.78. The first-order valence-corrected chi connectivity index (χ1v) is 10.8. The van der Waals surface area contributed by atoms with Crippen LogP contribution in [-0.4, -0.2) is 35.7 Å². The van der Waals surface area contributed by atoms with Gasteiger partial charge >= 0.3 is 0 Å². The van der Waals surface area contributed by atoms with Crippen LogP contribution in [0.5, 0.6) is 0 Å². The SMILES string of the molecule is O=C(CC1=N[C@@]2(c3cc(Br)ccc3F)CO[C@H](C(F)F)[C@H]2CS1)c1ccccc1. The van der Waals surface area contributed by atoms with Crippen molar-refractivity contribution in [2.75, 3.05) is 12.4 Å². The molecule has 29 heavy (non-hydrogen) atoms. The number of Topliss-reactive ketones (excluding diaryl/α,β-unsaturated/α-hetero) is 1. The molecule has 4 rings (SSSR count). The number of hydrogen-bond donors (Lipinski definition) is 0. The van der Waals surface area contributed by atoms with Crippen molar-refractivity contribution in [3.05, 3.63) is 69.9 Å². The second-order valence-electron chi connectivity index (χ2n) is 7.05. The summed E-state index contributed by atoms with van der Waals surface area (Å²) in [5.74, 6) is -1.06. The van der Waals surface area contributed by atoms with Gasteiger partial charge in [0.1, 0.15) is 17.5 Å². The Kier molecular flexibility index (Phi) is 5.86. The maximum Gasteiger partial charge on any atom is 0.264 e. The number of halogens is 4. The fraction of sp³-hybridized carbons (Fsp3) is 0.333. The Bertz CT molecular complexity index is 956. The summed E-state index contributed by atoms with van der Waals surface area (Å²) in [6, 6.07) is 13.2. The van der Waals surface area contributed by atoms with Gasteiger partial charge < -0.3 is 4.74 Å². The van der Waals surface area contributed by atoms with Crippen molar-refractivity contribution in [2.45, 2.75) is 24.5 Å².